The lowest BCUT2D eigenvalue weighted by Gasteiger charge is -2.32. The fourth-order valence-electron chi connectivity index (χ4n) is 2.92. The molecule has 0 saturated carbocycles. The number of aliphatic hydroxyl groups is 1. The van der Waals surface area contributed by atoms with Crippen LogP contribution in [0, 0.1) is 6.92 Å². The largest absolute Gasteiger partial charge is 0.453 e. The minimum Gasteiger partial charge on any atom is -0.453 e. The number of hydrogen-bond acceptors (Lipinski definition) is 4. The summed E-state index contributed by atoms with van der Waals surface area (Å²) in [7, 11) is 1.40. The van der Waals surface area contributed by atoms with Crippen molar-refractivity contribution in [2.45, 2.75) is 38.8 Å². The van der Waals surface area contributed by atoms with Gasteiger partial charge in [0, 0.05) is 25.7 Å². The minimum absolute atomic E-state index is 0. The Morgan fingerprint density at radius 3 is 2.52 bits per heavy atom. The van der Waals surface area contributed by atoms with Gasteiger partial charge in [-0.05, 0) is 32.3 Å². The van der Waals surface area contributed by atoms with Crippen molar-refractivity contribution >= 4 is 36.0 Å². The van der Waals surface area contributed by atoms with E-state index in [0.29, 0.717) is 25.6 Å². The zero-order valence-corrected chi connectivity index (χ0v) is 18.6. The molecule has 0 bridgehead atoms. The maximum Gasteiger partial charge on any atom is 0.409 e. The first kappa shape index (κ1) is 23.5. The molecule has 0 aliphatic carbocycles. The van der Waals surface area contributed by atoms with Crippen LogP contribution < -0.4 is 10.6 Å². The molecule has 1 atom stereocenters. The fourth-order valence-corrected chi connectivity index (χ4v) is 2.92. The molecule has 8 heteroatoms. The molecule has 1 aromatic rings. The molecule has 1 saturated heterocycles. The van der Waals surface area contributed by atoms with Gasteiger partial charge in [0.1, 0.15) is 0 Å². The number of rotatable bonds is 5. The van der Waals surface area contributed by atoms with Crippen molar-refractivity contribution in [3.05, 3.63) is 35.4 Å². The summed E-state index contributed by atoms with van der Waals surface area (Å²) in [6.45, 7) is 6.39. The highest BCUT2D eigenvalue weighted by Crippen LogP contribution is 2.14. The van der Waals surface area contributed by atoms with Gasteiger partial charge in [-0.25, -0.2) is 4.79 Å². The number of ether oxygens (including phenoxy) is 1. The van der Waals surface area contributed by atoms with Crippen molar-refractivity contribution in [1.82, 2.24) is 15.5 Å². The van der Waals surface area contributed by atoms with Crippen LogP contribution in [-0.4, -0.2) is 61.4 Å². The van der Waals surface area contributed by atoms with Gasteiger partial charge in [0.2, 0.25) is 0 Å². The fraction of sp³-hybridized carbons (Fsp3) is 0.579. The monoisotopic (exact) mass is 490 g/mol. The summed E-state index contributed by atoms with van der Waals surface area (Å²) in [6.07, 6.45) is 0.762. The quantitative estimate of drug-likeness (QED) is 0.336. The molecule has 1 aromatic carbocycles. The first-order chi connectivity index (χ1) is 12.5. The van der Waals surface area contributed by atoms with E-state index in [-0.39, 0.29) is 36.1 Å². The molecule has 1 heterocycles. The van der Waals surface area contributed by atoms with Gasteiger partial charge in [-0.1, -0.05) is 29.8 Å². The van der Waals surface area contributed by atoms with E-state index in [0.717, 1.165) is 30.5 Å². The SMILES string of the molecule is CCNC(=NCC(O)c1ccc(C)cc1)NC1CCN(C(=O)OC)CC1.I. The molecule has 0 spiro atoms. The average Bonchev–Trinajstić information content (AvgIpc) is 2.66. The minimum atomic E-state index is -0.632. The molecule has 1 unspecified atom stereocenters. The number of nitrogens with zero attached hydrogens (tertiary/aromatic N) is 2. The number of hydrogen-bond donors (Lipinski definition) is 3. The van der Waals surface area contributed by atoms with Crippen LogP contribution in [0.15, 0.2) is 29.3 Å². The number of aliphatic imine (C=N–C) groups is 1. The molecule has 1 amide bonds. The van der Waals surface area contributed by atoms with Crippen molar-refractivity contribution < 1.29 is 14.6 Å². The van der Waals surface area contributed by atoms with E-state index in [9.17, 15) is 9.90 Å². The zero-order chi connectivity index (χ0) is 18.9. The van der Waals surface area contributed by atoms with E-state index in [1.807, 2.05) is 38.1 Å². The van der Waals surface area contributed by atoms with Gasteiger partial charge in [-0.3, -0.25) is 4.99 Å². The van der Waals surface area contributed by atoms with Gasteiger partial charge in [0.05, 0.1) is 19.8 Å². The van der Waals surface area contributed by atoms with E-state index >= 15 is 0 Å². The number of piperidine rings is 1. The summed E-state index contributed by atoms with van der Waals surface area (Å²) in [4.78, 5) is 17.8. The normalized spacial score (nSPS) is 16.3. The van der Waals surface area contributed by atoms with Crippen molar-refractivity contribution in [2.75, 3.05) is 33.3 Å². The third-order valence-electron chi connectivity index (χ3n) is 4.50. The maximum atomic E-state index is 11.6. The molecule has 27 heavy (non-hydrogen) atoms. The Labute approximate surface area is 178 Å². The predicted molar refractivity (Wildman–Crippen MR) is 118 cm³/mol. The molecule has 2 rings (SSSR count). The van der Waals surface area contributed by atoms with Crippen LogP contribution in [0.1, 0.15) is 37.0 Å². The Hall–Kier alpha value is -1.55. The van der Waals surface area contributed by atoms with Gasteiger partial charge in [-0.2, -0.15) is 0 Å². The lowest BCUT2D eigenvalue weighted by molar-refractivity contribution is 0.111. The Kier molecular flexibility index (Phi) is 10.5. The molecule has 152 valence electrons. The van der Waals surface area contributed by atoms with Gasteiger partial charge in [-0.15, -0.1) is 24.0 Å². The van der Waals surface area contributed by atoms with Crippen LogP contribution in [0.4, 0.5) is 4.79 Å². The molecular formula is C19H31IN4O3. The first-order valence-corrected chi connectivity index (χ1v) is 9.15. The van der Waals surface area contributed by atoms with Crippen molar-refractivity contribution in [3.8, 4) is 0 Å². The molecule has 3 N–H and O–H groups in total. The lowest BCUT2D eigenvalue weighted by atomic mass is 10.1. The number of methoxy groups -OCH3 is 1. The van der Waals surface area contributed by atoms with E-state index in [1.54, 1.807) is 4.90 Å². The second-order valence-corrected chi connectivity index (χ2v) is 6.52. The van der Waals surface area contributed by atoms with E-state index in [1.165, 1.54) is 7.11 Å². The molecular weight excluding hydrogens is 459 g/mol. The van der Waals surface area contributed by atoms with Crippen LogP contribution in [0.5, 0.6) is 0 Å². The number of nitrogens with one attached hydrogen (secondary N) is 2. The summed E-state index contributed by atoms with van der Waals surface area (Å²) in [5.41, 5.74) is 2.03. The maximum absolute atomic E-state index is 11.6. The van der Waals surface area contributed by atoms with E-state index in [4.69, 9.17) is 4.74 Å². The number of carbonyl (C=O) groups excluding carboxylic acids is 1. The average molecular weight is 490 g/mol. The van der Waals surface area contributed by atoms with Crippen LogP contribution in [0.3, 0.4) is 0 Å². The van der Waals surface area contributed by atoms with Crippen LogP contribution in [-0.2, 0) is 4.74 Å². The highest BCUT2D eigenvalue weighted by Gasteiger charge is 2.23. The predicted octanol–water partition coefficient (Wildman–Crippen LogP) is 2.43. The van der Waals surface area contributed by atoms with Crippen molar-refractivity contribution in [3.63, 3.8) is 0 Å². The van der Waals surface area contributed by atoms with Crippen LogP contribution >= 0.6 is 24.0 Å². The summed E-state index contributed by atoms with van der Waals surface area (Å²) >= 11 is 0. The Bertz CT molecular complexity index is 601. The van der Waals surface area contributed by atoms with Crippen molar-refractivity contribution in [2.24, 2.45) is 4.99 Å². The molecule has 0 aromatic heterocycles. The zero-order valence-electron chi connectivity index (χ0n) is 16.3. The number of aryl methyl sites for hydroxylation is 1. The first-order valence-electron chi connectivity index (χ1n) is 9.15. The number of likely N-dealkylation sites (tertiary alicyclic amines) is 1. The number of benzene rings is 1. The molecule has 0 radical (unpaired) electrons. The lowest BCUT2D eigenvalue weighted by Crippen LogP contribution is -2.49. The topological polar surface area (TPSA) is 86.2 Å². The number of guanidine groups is 1. The third kappa shape index (κ3) is 7.53. The summed E-state index contributed by atoms with van der Waals surface area (Å²) in [6, 6.07) is 8.07. The summed E-state index contributed by atoms with van der Waals surface area (Å²) in [5, 5.41) is 16.9. The van der Waals surface area contributed by atoms with Crippen molar-refractivity contribution in [1.29, 1.82) is 0 Å². The van der Waals surface area contributed by atoms with Crippen LogP contribution in [0.25, 0.3) is 0 Å². The number of aliphatic hydroxyl groups excluding tert-OH is 1. The summed E-state index contributed by atoms with van der Waals surface area (Å²) in [5.74, 6) is 0.690. The van der Waals surface area contributed by atoms with E-state index in [2.05, 4.69) is 15.6 Å². The summed E-state index contributed by atoms with van der Waals surface area (Å²) < 4.78 is 4.76. The van der Waals surface area contributed by atoms with Crippen LogP contribution in [0.2, 0.25) is 0 Å². The second-order valence-electron chi connectivity index (χ2n) is 6.52. The number of halogens is 1. The van der Waals surface area contributed by atoms with E-state index < -0.39 is 6.10 Å². The van der Waals surface area contributed by atoms with Gasteiger partial charge < -0.3 is 25.4 Å². The molecule has 1 aliphatic rings. The van der Waals surface area contributed by atoms with Gasteiger partial charge in [0.15, 0.2) is 5.96 Å². The Morgan fingerprint density at radius 1 is 1.33 bits per heavy atom. The third-order valence-corrected chi connectivity index (χ3v) is 4.50. The molecule has 1 fully saturated rings. The highest BCUT2D eigenvalue weighted by atomic mass is 127. The Morgan fingerprint density at radius 2 is 1.96 bits per heavy atom. The van der Waals surface area contributed by atoms with Gasteiger partial charge in [0.25, 0.3) is 0 Å². The number of amides is 1. The highest BCUT2D eigenvalue weighted by molar-refractivity contribution is 14.0. The molecule has 1 aliphatic heterocycles. The van der Waals surface area contributed by atoms with Gasteiger partial charge >= 0.3 is 6.09 Å². The number of carbonyl (C=O) groups is 1. The second kappa shape index (κ2) is 12.0. The molecule has 7 nitrogen and oxygen atoms in total. The smallest absolute Gasteiger partial charge is 0.409 e. The standard InChI is InChI=1S/C19H30N4O3.HI/c1-4-20-18(21-13-17(24)15-7-5-14(2)6-8-15)22-16-9-11-23(12-10-16)19(25)26-3;/h5-8,16-17,24H,4,9-13H2,1-3H3,(H2,20,21,22);1H. The Balaban J connectivity index is 0.00000364.